The van der Waals surface area contributed by atoms with Gasteiger partial charge >= 0.3 is 5.97 Å². The lowest BCUT2D eigenvalue weighted by Crippen LogP contribution is -2.02. The van der Waals surface area contributed by atoms with E-state index in [-0.39, 0.29) is 28.4 Å². The van der Waals surface area contributed by atoms with Gasteiger partial charge in [-0.1, -0.05) is 6.07 Å². The molecule has 3 rings (SSSR count). The first kappa shape index (κ1) is 14.9. The fourth-order valence-electron chi connectivity index (χ4n) is 2.06. The molecule has 2 N–H and O–H groups in total. The molecule has 0 aliphatic heterocycles. The summed E-state index contributed by atoms with van der Waals surface area (Å²) in [5.74, 6) is -3.45. The number of carbonyl (C=O) groups is 1. The highest BCUT2D eigenvalue weighted by atomic mass is 19.1. The van der Waals surface area contributed by atoms with E-state index in [0.717, 1.165) is 18.2 Å². The molecule has 0 aliphatic carbocycles. The highest BCUT2D eigenvalue weighted by molar-refractivity contribution is 5.79. The molecule has 0 amide bonds. The van der Waals surface area contributed by atoms with Gasteiger partial charge < -0.3 is 14.8 Å². The number of nitrogens with one attached hydrogen (secondary N) is 1. The quantitative estimate of drug-likeness (QED) is 0.767. The van der Waals surface area contributed by atoms with Crippen molar-refractivity contribution in [3.63, 3.8) is 0 Å². The molecule has 0 saturated carbocycles. The largest absolute Gasteiger partial charge is 0.481 e. The Kier molecular flexibility index (Phi) is 3.65. The molecule has 0 spiro atoms. The van der Waals surface area contributed by atoms with E-state index in [0.29, 0.717) is 0 Å². The van der Waals surface area contributed by atoms with Crippen molar-refractivity contribution in [3.05, 3.63) is 53.3 Å². The Hall–Kier alpha value is -3.03. The van der Waals surface area contributed by atoms with Crippen molar-refractivity contribution in [2.75, 3.05) is 5.32 Å². The maximum absolute atomic E-state index is 14.2. The van der Waals surface area contributed by atoms with Crippen LogP contribution in [0.15, 0.2) is 34.7 Å². The second-order valence-corrected chi connectivity index (χ2v) is 4.73. The first-order valence-electron chi connectivity index (χ1n) is 6.46. The minimum atomic E-state index is -1.19. The zero-order valence-electron chi connectivity index (χ0n) is 11.4. The van der Waals surface area contributed by atoms with Gasteiger partial charge in [-0.05, 0) is 18.2 Å². The molecule has 8 heteroatoms. The average molecular weight is 322 g/mol. The van der Waals surface area contributed by atoms with Crippen LogP contribution in [0.1, 0.15) is 5.56 Å². The highest BCUT2D eigenvalue weighted by Crippen LogP contribution is 2.27. The van der Waals surface area contributed by atoms with Crippen molar-refractivity contribution < 1.29 is 27.5 Å². The Balaban J connectivity index is 1.98. The van der Waals surface area contributed by atoms with Crippen LogP contribution in [0.2, 0.25) is 0 Å². The van der Waals surface area contributed by atoms with Gasteiger partial charge in [-0.2, -0.15) is 4.98 Å². The molecule has 0 bridgehead atoms. The molecule has 0 unspecified atom stereocenters. The molecule has 3 aromatic rings. The van der Waals surface area contributed by atoms with Crippen LogP contribution in [0.5, 0.6) is 0 Å². The number of rotatable bonds is 4. The zero-order valence-corrected chi connectivity index (χ0v) is 11.4. The third kappa shape index (κ3) is 2.96. The lowest BCUT2D eigenvalue weighted by atomic mass is 10.1. The minimum absolute atomic E-state index is 0.0652. The number of carboxylic acid groups (broad SMARTS) is 1. The van der Waals surface area contributed by atoms with Crippen molar-refractivity contribution in [1.82, 2.24) is 4.98 Å². The van der Waals surface area contributed by atoms with Gasteiger partial charge in [-0.25, -0.2) is 13.2 Å². The number of anilines is 2. The van der Waals surface area contributed by atoms with Crippen molar-refractivity contribution >= 4 is 28.8 Å². The number of halogens is 3. The third-order valence-electron chi connectivity index (χ3n) is 3.09. The fourth-order valence-corrected chi connectivity index (χ4v) is 2.06. The Bertz CT molecular complexity index is 908. The molecule has 1 heterocycles. The van der Waals surface area contributed by atoms with Gasteiger partial charge in [-0.3, -0.25) is 4.79 Å². The lowest BCUT2D eigenvalue weighted by molar-refractivity contribution is -0.136. The molecule has 0 atom stereocenters. The van der Waals surface area contributed by atoms with E-state index in [1.54, 1.807) is 0 Å². The third-order valence-corrected chi connectivity index (χ3v) is 3.09. The Labute approximate surface area is 127 Å². The topological polar surface area (TPSA) is 75.4 Å². The van der Waals surface area contributed by atoms with Gasteiger partial charge in [0.15, 0.2) is 11.4 Å². The lowest BCUT2D eigenvalue weighted by Gasteiger charge is -2.02. The van der Waals surface area contributed by atoms with E-state index >= 15 is 0 Å². The van der Waals surface area contributed by atoms with Gasteiger partial charge in [0.2, 0.25) is 0 Å². The molecule has 0 fully saturated rings. The molecular formula is C15H9F3N2O3. The molecule has 0 radical (unpaired) electrons. The number of hydrogen-bond donors (Lipinski definition) is 2. The fraction of sp³-hybridized carbons (Fsp3) is 0.0667. The van der Waals surface area contributed by atoms with E-state index in [1.807, 2.05) is 0 Å². The number of aliphatic carboxylic acids is 1. The SMILES string of the molecule is O=C(O)Cc1ccc2nc(Nc3cc(F)ccc3F)oc2c1F. The number of hydrogen-bond acceptors (Lipinski definition) is 4. The van der Waals surface area contributed by atoms with Crippen LogP contribution >= 0.6 is 0 Å². The van der Waals surface area contributed by atoms with Crippen LogP contribution in [0, 0.1) is 17.5 Å². The summed E-state index contributed by atoms with van der Waals surface area (Å²) < 4.78 is 46.0. The van der Waals surface area contributed by atoms with Crippen LogP contribution in [0.25, 0.3) is 11.1 Å². The maximum Gasteiger partial charge on any atom is 0.307 e. The zero-order chi connectivity index (χ0) is 16.6. The number of carboxylic acids is 1. The molecular weight excluding hydrogens is 313 g/mol. The average Bonchev–Trinajstić information content (AvgIpc) is 2.89. The summed E-state index contributed by atoms with van der Waals surface area (Å²) in [7, 11) is 0. The second kappa shape index (κ2) is 5.64. The predicted molar refractivity (Wildman–Crippen MR) is 74.9 cm³/mol. The molecule has 118 valence electrons. The summed E-state index contributed by atoms with van der Waals surface area (Å²) in [6.07, 6.45) is -0.510. The number of benzene rings is 2. The van der Waals surface area contributed by atoms with Gasteiger partial charge in [0, 0.05) is 11.6 Å². The molecule has 0 aliphatic rings. The first-order chi connectivity index (χ1) is 10.9. The van der Waals surface area contributed by atoms with Crippen LogP contribution in [-0.2, 0) is 11.2 Å². The number of oxazole rings is 1. The van der Waals surface area contributed by atoms with Gasteiger partial charge in [0.1, 0.15) is 17.2 Å². The highest BCUT2D eigenvalue weighted by Gasteiger charge is 2.16. The normalized spacial score (nSPS) is 10.9. The van der Waals surface area contributed by atoms with Crippen LogP contribution in [0.3, 0.4) is 0 Å². The number of nitrogens with zero attached hydrogens (tertiary/aromatic N) is 1. The summed E-state index contributed by atoms with van der Waals surface area (Å²) in [6, 6.07) is 5.19. The van der Waals surface area contributed by atoms with Crippen LogP contribution in [0.4, 0.5) is 24.9 Å². The van der Waals surface area contributed by atoms with Crippen LogP contribution < -0.4 is 5.32 Å². The van der Waals surface area contributed by atoms with E-state index < -0.39 is 29.8 Å². The summed E-state index contributed by atoms with van der Waals surface area (Å²) in [5, 5.41) is 11.1. The Morgan fingerprint density at radius 2 is 2.00 bits per heavy atom. The van der Waals surface area contributed by atoms with Gasteiger partial charge in [-0.15, -0.1) is 0 Å². The van der Waals surface area contributed by atoms with Crippen molar-refractivity contribution in [1.29, 1.82) is 0 Å². The summed E-state index contributed by atoms with van der Waals surface area (Å²) in [4.78, 5) is 14.6. The summed E-state index contributed by atoms with van der Waals surface area (Å²) in [6.45, 7) is 0. The van der Waals surface area contributed by atoms with E-state index in [9.17, 15) is 18.0 Å². The standard InChI is InChI=1S/C15H9F3N2O3/c16-8-2-3-9(17)11(6-8)20-15-19-10-4-1-7(5-12(21)22)13(18)14(10)23-15/h1-4,6H,5H2,(H,19,20)(H,21,22). The Morgan fingerprint density at radius 1 is 1.22 bits per heavy atom. The molecule has 2 aromatic carbocycles. The number of fused-ring (bicyclic) bond motifs is 1. The smallest absolute Gasteiger partial charge is 0.307 e. The summed E-state index contributed by atoms with van der Waals surface area (Å²) in [5.41, 5.74) is -0.425. The molecule has 0 saturated heterocycles. The van der Waals surface area contributed by atoms with Crippen molar-refractivity contribution in [2.24, 2.45) is 0 Å². The van der Waals surface area contributed by atoms with Gasteiger partial charge in [0.25, 0.3) is 6.01 Å². The summed E-state index contributed by atoms with van der Waals surface area (Å²) >= 11 is 0. The Morgan fingerprint density at radius 3 is 2.74 bits per heavy atom. The molecule has 5 nitrogen and oxygen atoms in total. The van der Waals surface area contributed by atoms with Crippen molar-refractivity contribution in [2.45, 2.75) is 6.42 Å². The van der Waals surface area contributed by atoms with Crippen LogP contribution in [-0.4, -0.2) is 16.1 Å². The first-order valence-corrected chi connectivity index (χ1v) is 6.46. The molecule has 1 aromatic heterocycles. The maximum atomic E-state index is 14.2. The van der Waals surface area contributed by atoms with E-state index in [4.69, 9.17) is 9.52 Å². The second-order valence-electron chi connectivity index (χ2n) is 4.73. The van der Waals surface area contributed by atoms with Gasteiger partial charge in [0.05, 0.1) is 12.1 Å². The minimum Gasteiger partial charge on any atom is -0.481 e. The van der Waals surface area contributed by atoms with E-state index in [2.05, 4.69) is 10.3 Å². The van der Waals surface area contributed by atoms with E-state index in [1.165, 1.54) is 12.1 Å². The molecule has 23 heavy (non-hydrogen) atoms. The number of aromatic nitrogens is 1. The predicted octanol–water partition coefficient (Wildman–Crippen LogP) is 3.62. The monoisotopic (exact) mass is 322 g/mol. The van der Waals surface area contributed by atoms with Crippen molar-refractivity contribution in [3.8, 4) is 0 Å².